The predicted molar refractivity (Wildman–Crippen MR) is 100 cm³/mol. The number of amides is 1. The number of rotatable bonds is 4. The average molecular weight is 387 g/mol. The van der Waals surface area contributed by atoms with E-state index in [-0.39, 0.29) is 11.7 Å². The Labute approximate surface area is 157 Å². The van der Waals surface area contributed by atoms with Crippen molar-refractivity contribution >= 4 is 44.9 Å². The molecule has 0 fully saturated rings. The van der Waals surface area contributed by atoms with E-state index in [2.05, 4.69) is 10.3 Å². The van der Waals surface area contributed by atoms with Crippen molar-refractivity contribution in [2.24, 2.45) is 0 Å². The van der Waals surface area contributed by atoms with Gasteiger partial charge < -0.3 is 4.42 Å². The highest BCUT2D eigenvalue weighted by Crippen LogP contribution is 2.26. The molecule has 0 spiro atoms. The summed E-state index contributed by atoms with van der Waals surface area (Å²) in [5.41, 5.74) is 1.62. The van der Waals surface area contributed by atoms with Crippen molar-refractivity contribution < 1.29 is 13.6 Å². The van der Waals surface area contributed by atoms with Crippen LogP contribution >= 0.6 is 22.9 Å². The summed E-state index contributed by atoms with van der Waals surface area (Å²) in [5, 5.41) is 4.31. The second kappa shape index (κ2) is 6.90. The average Bonchev–Trinajstić information content (AvgIpc) is 3.24. The van der Waals surface area contributed by atoms with Gasteiger partial charge in [-0.25, -0.2) is 9.37 Å². The van der Waals surface area contributed by atoms with Gasteiger partial charge in [-0.3, -0.25) is 10.1 Å². The molecule has 0 saturated heterocycles. The third-order valence-corrected chi connectivity index (χ3v) is 5.03. The zero-order chi connectivity index (χ0) is 18.1. The Bertz CT molecular complexity index is 1110. The number of hydrogen-bond acceptors (Lipinski definition) is 4. The lowest BCUT2D eigenvalue weighted by Gasteiger charge is -2.01. The standard InChI is InChI=1S/C19H12ClFN2O2S/c20-12-6-5-11(16(21)8-12)7-13-9-22-19(26-13)23-18(24)15-10-25-17-4-2-1-3-14(15)17/h1-6,8-10H,7H2,(H,22,23,24). The minimum absolute atomic E-state index is 0.298. The van der Waals surface area contributed by atoms with E-state index in [1.807, 2.05) is 18.2 Å². The van der Waals surface area contributed by atoms with E-state index in [9.17, 15) is 9.18 Å². The first-order valence-corrected chi connectivity index (χ1v) is 8.96. The number of nitrogens with zero attached hydrogens (tertiary/aromatic N) is 1. The van der Waals surface area contributed by atoms with Gasteiger partial charge in [-0.05, 0) is 23.8 Å². The second-order valence-electron chi connectivity index (χ2n) is 5.64. The number of para-hydroxylation sites is 1. The Hall–Kier alpha value is -2.70. The topological polar surface area (TPSA) is 55.1 Å². The lowest BCUT2D eigenvalue weighted by atomic mass is 10.1. The van der Waals surface area contributed by atoms with E-state index in [0.29, 0.717) is 33.3 Å². The summed E-state index contributed by atoms with van der Waals surface area (Å²) < 4.78 is 19.3. The molecule has 2 heterocycles. The van der Waals surface area contributed by atoms with Crippen LogP contribution < -0.4 is 5.32 Å². The number of furan rings is 1. The number of thiazole rings is 1. The normalized spacial score (nSPS) is 11.0. The molecule has 1 N–H and O–H groups in total. The summed E-state index contributed by atoms with van der Waals surface area (Å²) in [6, 6.07) is 11.9. The Morgan fingerprint density at radius 1 is 1.27 bits per heavy atom. The number of halogens is 2. The molecule has 26 heavy (non-hydrogen) atoms. The molecule has 2 aromatic heterocycles. The number of benzene rings is 2. The predicted octanol–water partition coefficient (Wildman–Crippen LogP) is 5.52. The van der Waals surface area contributed by atoms with Crippen molar-refractivity contribution in [3.8, 4) is 0 Å². The van der Waals surface area contributed by atoms with Gasteiger partial charge in [-0.1, -0.05) is 35.9 Å². The minimum Gasteiger partial charge on any atom is -0.463 e. The van der Waals surface area contributed by atoms with Crippen LogP contribution in [0.25, 0.3) is 11.0 Å². The lowest BCUT2D eigenvalue weighted by molar-refractivity contribution is 0.102. The van der Waals surface area contributed by atoms with Gasteiger partial charge in [0.2, 0.25) is 0 Å². The van der Waals surface area contributed by atoms with Crippen LogP contribution in [-0.2, 0) is 6.42 Å². The molecule has 0 bridgehead atoms. The van der Waals surface area contributed by atoms with Gasteiger partial charge in [0.15, 0.2) is 5.13 Å². The molecule has 130 valence electrons. The fourth-order valence-electron chi connectivity index (χ4n) is 2.62. The molecule has 4 aromatic rings. The van der Waals surface area contributed by atoms with E-state index >= 15 is 0 Å². The number of fused-ring (bicyclic) bond motifs is 1. The molecule has 0 unspecified atom stereocenters. The molecule has 0 saturated carbocycles. The van der Waals surface area contributed by atoms with Gasteiger partial charge in [0.25, 0.3) is 5.91 Å². The number of aromatic nitrogens is 1. The van der Waals surface area contributed by atoms with E-state index in [1.165, 1.54) is 23.7 Å². The van der Waals surface area contributed by atoms with Crippen LogP contribution in [-0.4, -0.2) is 10.9 Å². The van der Waals surface area contributed by atoms with Crippen molar-refractivity contribution in [3.63, 3.8) is 0 Å². The maximum Gasteiger partial charge on any atom is 0.261 e. The Morgan fingerprint density at radius 2 is 2.12 bits per heavy atom. The Kier molecular flexibility index (Phi) is 4.44. The van der Waals surface area contributed by atoms with Crippen molar-refractivity contribution in [3.05, 3.63) is 81.8 Å². The van der Waals surface area contributed by atoms with Crippen molar-refractivity contribution in [2.75, 3.05) is 5.32 Å². The zero-order valence-corrected chi connectivity index (χ0v) is 14.9. The fourth-order valence-corrected chi connectivity index (χ4v) is 3.61. The lowest BCUT2D eigenvalue weighted by Crippen LogP contribution is -2.10. The highest BCUT2D eigenvalue weighted by atomic mass is 35.5. The first kappa shape index (κ1) is 16.8. The van der Waals surface area contributed by atoms with Gasteiger partial charge in [0.05, 0.1) is 5.56 Å². The summed E-state index contributed by atoms with van der Waals surface area (Å²) in [5.74, 6) is -0.658. The molecular weight excluding hydrogens is 375 g/mol. The maximum atomic E-state index is 13.9. The van der Waals surface area contributed by atoms with E-state index in [1.54, 1.807) is 24.4 Å². The first-order valence-electron chi connectivity index (χ1n) is 7.76. The van der Waals surface area contributed by atoms with Gasteiger partial charge in [-0.15, -0.1) is 11.3 Å². The summed E-state index contributed by atoms with van der Waals surface area (Å²) in [4.78, 5) is 17.5. The van der Waals surface area contributed by atoms with Gasteiger partial charge >= 0.3 is 0 Å². The van der Waals surface area contributed by atoms with Crippen LogP contribution in [0.1, 0.15) is 20.8 Å². The summed E-state index contributed by atoms with van der Waals surface area (Å²) in [7, 11) is 0. The molecule has 0 radical (unpaired) electrons. The van der Waals surface area contributed by atoms with Crippen LogP contribution in [0.4, 0.5) is 9.52 Å². The highest BCUT2D eigenvalue weighted by molar-refractivity contribution is 7.15. The van der Waals surface area contributed by atoms with E-state index < -0.39 is 0 Å². The molecule has 0 aliphatic rings. The van der Waals surface area contributed by atoms with Crippen LogP contribution in [0, 0.1) is 5.82 Å². The van der Waals surface area contributed by atoms with Crippen LogP contribution in [0.3, 0.4) is 0 Å². The largest absolute Gasteiger partial charge is 0.463 e. The van der Waals surface area contributed by atoms with E-state index in [0.717, 1.165) is 10.3 Å². The van der Waals surface area contributed by atoms with Crippen molar-refractivity contribution in [1.82, 2.24) is 4.98 Å². The molecule has 0 aliphatic heterocycles. The molecule has 2 aromatic carbocycles. The smallest absolute Gasteiger partial charge is 0.261 e. The molecule has 0 atom stereocenters. The number of carbonyl (C=O) groups excluding carboxylic acids is 1. The molecule has 4 nitrogen and oxygen atoms in total. The third kappa shape index (κ3) is 3.34. The molecule has 0 aliphatic carbocycles. The second-order valence-corrected chi connectivity index (χ2v) is 7.20. The molecule has 4 rings (SSSR count). The number of nitrogens with one attached hydrogen (secondary N) is 1. The SMILES string of the molecule is O=C(Nc1ncc(Cc2ccc(Cl)cc2F)s1)c1coc2ccccc12. The molecular formula is C19H12ClFN2O2S. The monoisotopic (exact) mass is 386 g/mol. The third-order valence-electron chi connectivity index (χ3n) is 3.88. The maximum absolute atomic E-state index is 13.9. The highest BCUT2D eigenvalue weighted by Gasteiger charge is 2.15. The Balaban J connectivity index is 1.50. The fraction of sp³-hybridized carbons (Fsp3) is 0.0526. The zero-order valence-electron chi connectivity index (χ0n) is 13.3. The number of carbonyl (C=O) groups is 1. The molecule has 7 heteroatoms. The van der Waals surface area contributed by atoms with Crippen LogP contribution in [0.2, 0.25) is 5.02 Å². The summed E-state index contributed by atoms with van der Waals surface area (Å²) in [6.45, 7) is 0. The van der Waals surface area contributed by atoms with Gasteiger partial charge in [0, 0.05) is 27.9 Å². The van der Waals surface area contributed by atoms with Gasteiger partial charge in [0.1, 0.15) is 17.7 Å². The van der Waals surface area contributed by atoms with Crippen LogP contribution in [0.15, 0.2) is 59.3 Å². The van der Waals surface area contributed by atoms with E-state index in [4.69, 9.17) is 16.0 Å². The van der Waals surface area contributed by atoms with Crippen LogP contribution in [0.5, 0.6) is 0 Å². The Morgan fingerprint density at radius 3 is 2.96 bits per heavy atom. The first-order chi connectivity index (χ1) is 12.6. The number of anilines is 1. The number of hydrogen-bond donors (Lipinski definition) is 1. The summed E-state index contributed by atoms with van der Waals surface area (Å²) in [6.07, 6.45) is 3.44. The molecule has 1 amide bonds. The van der Waals surface area contributed by atoms with Crippen molar-refractivity contribution in [2.45, 2.75) is 6.42 Å². The summed E-state index contributed by atoms with van der Waals surface area (Å²) >= 11 is 7.07. The van der Waals surface area contributed by atoms with Crippen molar-refractivity contribution in [1.29, 1.82) is 0 Å². The quantitative estimate of drug-likeness (QED) is 0.502. The van der Waals surface area contributed by atoms with Gasteiger partial charge in [-0.2, -0.15) is 0 Å². The minimum atomic E-state index is -0.360.